The third-order valence-corrected chi connectivity index (χ3v) is 8.18. The minimum Gasteiger partial charge on any atom is -0.383 e. The molecule has 5 rings (SSSR count). The van der Waals surface area contributed by atoms with Crippen LogP contribution in [-0.2, 0) is 10.4 Å². The lowest BCUT2D eigenvalue weighted by Gasteiger charge is -2.28. The maximum atomic E-state index is 13.3. The Morgan fingerprint density at radius 1 is 1.08 bits per heavy atom. The molecule has 3 aromatic rings. The molecule has 2 amide bonds. The van der Waals surface area contributed by atoms with Crippen LogP contribution in [0.25, 0.3) is 0 Å². The van der Waals surface area contributed by atoms with Crippen LogP contribution in [0.3, 0.4) is 0 Å². The maximum Gasteiger partial charge on any atom is 0.256 e. The summed E-state index contributed by atoms with van der Waals surface area (Å²) in [5, 5.41) is 11.1. The molecule has 1 saturated carbocycles. The van der Waals surface area contributed by atoms with Crippen molar-refractivity contribution in [2.45, 2.75) is 51.7 Å². The van der Waals surface area contributed by atoms with Crippen LogP contribution in [0.15, 0.2) is 65.8 Å². The molecule has 8 heteroatoms. The number of hydrogen-bond donors (Lipinski definition) is 2. The molecule has 2 aliphatic rings. The number of carbonyl (C=O) groups is 2. The van der Waals surface area contributed by atoms with Gasteiger partial charge in [0.25, 0.3) is 11.8 Å². The van der Waals surface area contributed by atoms with Gasteiger partial charge in [0.1, 0.15) is 0 Å². The summed E-state index contributed by atoms with van der Waals surface area (Å²) in [5.74, 6) is -0.191. The Labute approximate surface area is 241 Å². The molecule has 3 aromatic carbocycles. The lowest BCUT2D eigenvalue weighted by Crippen LogP contribution is -2.32. The molecular weight excluding hydrogens is 613 g/mol. The van der Waals surface area contributed by atoms with Gasteiger partial charge >= 0.3 is 0 Å². The van der Waals surface area contributed by atoms with Crippen molar-refractivity contribution in [2.75, 3.05) is 5.32 Å². The molecule has 0 bridgehead atoms. The fourth-order valence-corrected chi connectivity index (χ4v) is 5.81. The number of hydrogen-bond acceptors (Lipinski definition) is 4. The first-order valence-electron chi connectivity index (χ1n) is 12.7. The fourth-order valence-electron chi connectivity index (χ4n) is 4.94. The second kappa shape index (κ2) is 10.7. The van der Waals surface area contributed by atoms with E-state index >= 15 is 0 Å². The van der Waals surface area contributed by atoms with Crippen LogP contribution in [0.5, 0.6) is 0 Å². The summed E-state index contributed by atoms with van der Waals surface area (Å²) in [7, 11) is 0. The molecule has 196 valence electrons. The standard InChI is InChI=1S/C30H29ClIN3O3/c1-17(2)33-29(37)27-23(5-4-6-24(27)32)28(36)34-25-14-11-21(15-18(25)3)30(20-9-10-20)16-26(35-38-30)19-7-12-22(31)13-8-19/h4-8,11-15,17,20H,9-10,16H2,1-3H3,(H,33,37)(H,34,36). The quantitative estimate of drug-likeness (QED) is 0.271. The Hall–Kier alpha value is -2.91. The van der Waals surface area contributed by atoms with E-state index < -0.39 is 5.60 Å². The van der Waals surface area contributed by atoms with Gasteiger partial charge in [0, 0.05) is 32.7 Å². The third-order valence-electron chi connectivity index (χ3n) is 7.03. The Kier molecular flexibility index (Phi) is 7.51. The number of nitrogens with zero attached hydrogens (tertiary/aromatic N) is 1. The van der Waals surface area contributed by atoms with E-state index in [1.807, 2.05) is 63.2 Å². The number of halogens is 2. The molecule has 2 N–H and O–H groups in total. The van der Waals surface area contributed by atoms with Crippen molar-refractivity contribution >= 4 is 57.4 Å². The van der Waals surface area contributed by atoms with Crippen molar-refractivity contribution in [1.29, 1.82) is 0 Å². The number of aryl methyl sites for hydroxylation is 1. The minimum atomic E-state index is -0.514. The zero-order chi connectivity index (χ0) is 27.0. The number of anilines is 1. The van der Waals surface area contributed by atoms with Crippen molar-refractivity contribution < 1.29 is 14.4 Å². The summed E-state index contributed by atoms with van der Waals surface area (Å²) >= 11 is 8.16. The highest BCUT2D eigenvalue weighted by atomic mass is 127. The molecule has 38 heavy (non-hydrogen) atoms. The number of amides is 2. The molecule has 0 radical (unpaired) electrons. The van der Waals surface area contributed by atoms with Crippen LogP contribution in [0, 0.1) is 16.4 Å². The normalized spacial score (nSPS) is 18.6. The first kappa shape index (κ1) is 26.7. The second-order valence-electron chi connectivity index (χ2n) is 10.3. The third kappa shape index (κ3) is 5.31. The van der Waals surface area contributed by atoms with Gasteiger partial charge in [0.05, 0.1) is 16.8 Å². The Morgan fingerprint density at radius 2 is 1.82 bits per heavy atom. The van der Waals surface area contributed by atoms with E-state index in [1.165, 1.54) is 0 Å². The average molecular weight is 642 g/mol. The van der Waals surface area contributed by atoms with Crippen molar-refractivity contribution in [1.82, 2.24) is 5.32 Å². The predicted octanol–water partition coefficient (Wildman–Crippen LogP) is 7.07. The average Bonchev–Trinajstić information content (AvgIpc) is 3.64. The summed E-state index contributed by atoms with van der Waals surface area (Å²) in [5.41, 5.74) is 4.78. The highest BCUT2D eigenvalue weighted by molar-refractivity contribution is 14.1. The van der Waals surface area contributed by atoms with Gasteiger partial charge in [-0.1, -0.05) is 41.0 Å². The zero-order valence-electron chi connectivity index (χ0n) is 21.5. The second-order valence-corrected chi connectivity index (χ2v) is 11.8. The summed E-state index contributed by atoms with van der Waals surface area (Å²) in [6.07, 6.45) is 2.87. The largest absolute Gasteiger partial charge is 0.383 e. The number of rotatable bonds is 7. The van der Waals surface area contributed by atoms with E-state index in [0.29, 0.717) is 34.2 Å². The van der Waals surface area contributed by atoms with Crippen LogP contribution in [0.2, 0.25) is 5.02 Å². The molecule has 1 heterocycles. The van der Waals surface area contributed by atoms with Crippen molar-refractivity contribution in [3.63, 3.8) is 0 Å². The SMILES string of the molecule is Cc1cc(C2(C3CC3)CC(c3ccc(Cl)cc3)=NO2)ccc1NC(=O)c1cccc(I)c1C(=O)NC(C)C. The van der Waals surface area contributed by atoms with E-state index in [2.05, 4.69) is 44.4 Å². The Balaban J connectivity index is 1.38. The smallest absolute Gasteiger partial charge is 0.256 e. The molecule has 1 unspecified atom stereocenters. The topological polar surface area (TPSA) is 79.8 Å². The van der Waals surface area contributed by atoms with Crippen LogP contribution in [-0.4, -0.2) is 23.6 Å². The molecule has 1 aliphatic heterocycles. The molecular formula is C30H29ClIN3O3. The molecule has 1 fully saturated rings. The van der Waals surface area contributed by atoms with Crippen molar-refractivity contribution in [3.05, 3.63) is 97.1 Å². The maximum absolute atomic E-state index is 13.3. The monoisotopic (exact) mass is 641 g/mol. The number of nitrogens with one attached hydrogen (secondary N) is 2. The van der Waals surface area contributed by atoms with Gasteiger partial charge in [-0.3, -0.25) is 9.59 Å². The van der Waals surface area contributed by atoms with Gasteiger partial charge in [-0.05, 0) is 109 Å². The molecule has 6 nitrogen and oxygen atoms in total. The van der Waals surface area contributed by atoms with Crippen LogP contribution < -0.4 is 10.6 Å². The van der Waals surface area contributed by atoms with Gasteiger partial charge in [-0.25, -0.2) is 0 Å². The van der Waals surface area contributed by atoms with E-state index in [4.69, 9.17) is 16.4 Å². The number of oxime groups is 1. The summed E-state index contributed by atoms with van der Waals surface area (Å²) in [4.78, 5) is 32.4. The summed E-state index contributed by atoms with van der Waals surface area (Å²) in [6, 6.07) is 18.9. The first-order valence-corrected chi connectivity index (χ1v) is 14.2. The molecule has 0 saturated heterocycles. The minimum absolute atomic E-state index is 0.0370. The lowest BCUT2D eigenvalue weighted by atomic mass is 9.82. The predicted molar refractivity (Wildman–Crippen MR) is 159 cm³/mol. The molecule has 1 aliphatic carbocycles. The van der Waals surface area contributed by atoms with Gasteiger partial charge in [-0.2, -0.15) is 0 Å². The number of benzene rings is 3. The first-order chi connectivity index (χ1) is 18.2. The zero-order valence-corrected chi connectivity index (χ0v) is 24.4. The van der Waals surface area contributed by atoms with Crippen LogP contribution in [0.4, 0.5) is 5.69 Å². The van der Waals surface area contributed by atoms with E-state index in [0.717, 1.165) is 38.8 Å². The van der Waals surface area contributed by atoms with Crippen molar-refractivity contribution in [2.24, 2.45) is 11.1 Å². The Bertz CT molecular complexity index is 1430. The Morgan fingerprint density at radius 3 is 2.47 bits per heavy atom. The fraction of sp³-hybridized carbons (Fsp3) is 0.300. The van der Waals surface area contributed by atoms with Crippen LogP contribution in [0.1, 0.15) is 70.5 Å². The summed E-state index contributed by atoms with van der Waals surface area (Å²) in [6.45, 7) is 5.76. The summed E-state index contributed by atoms with van der Waals surface area (Å²) < 4.78 is 0.724. The van der Waals surface area contributed by atoms with E-state index in [9.17, 15) is 9.59 Å². The molecule has 1 atom stereocenters. The highest BCUT2D eigenvalue weighted by Gasteiger charge is 2.53. The molecule has 0 spiro atoms. The highest BCUT2D eigenvalue weighted by Crippen LogP contribution is 2.53. The molecule has 0 aromatic heterocycles. The van der Waals surface area contributed by atoms with E-state index in [-0.39, 0.29) is 17.9 Å². The van der Waals surface area contributed by atoms with Gasteiger partial charge in [0.15, 0.2) is 5.60 Å². The van der Waals surface area contributed by atoms with Gasteiger partial charge in [0.2, 0.25) is 0 Å². The van der Waals surface area contributed by atoms with Gasteiger partial charge < -0.3 is 15.5 Å². The lowest BCUT2D eigenvalue weighted by molar-refractivity contribution is -0.0417. The van der Waals surface area contributed by atoms with Gasteiger partial charge in [-0.15, -0.1) is 0 Å². The van der Waals surface area contributed by atoms with Crippen molar-refractivity contribution in [3.8, 4) is 0 Å². The number of carbonyl (C=O) groups excluding carboxylic acids is 2. The van der Waals surface area contributed by atoms with E-state index in [1.54, 1.807) is 12.1 Å². The van der Waals surface area contributed by atoms with Crippen LogP contribution >= 0.6 is 34.2 Å².